The Morgan fingerprint density at radius 2 is 1.77 bits per heavy atom. The van der Waals surface area contributed by atoms with Crippen molar-refractivity contribution in [2.75, 3.05) is 31.6 Å². The van der Waals surface area contributed by atoms with E-state index in [0.29, 0.717) is 42.6 Å². The van der Waals surface area contributed by atoms with Crippen LogP contribution >= 0.6 is 27.5 Å². The predicted octanol–water partition coefficient (Wildman–Crippen LogP) is 3.38. The number of ether oxygens (including phenoxy) is 1. The molecule has 0 radical (unpaired) electrons. The lowest BCUT2D eigenvalue weighted by Gasteiger charge is -2.26. The maximum atomic E-state index is 12.6. The van der Waals surface area contributed by atoms with Gasteiger partial charge in [-0.2, -0.15) is 4.31 Å². The molecule has 138 valence electrons. The number of halogens is 2. The van der Waals surface area contributed by atoms with Gasteiger partial charge in [-0.3, -0.25) is 4.79 Å². The molecule has 26 heavy (non-hydrogen) atoms. The summed E-state index contributed by atoms with van der Waals surface area (Å²) in [4.78, 5) is 12.5. The van der Waals surface area contributed by atoms with Gasteiger partial charge in [0, 0.05) is 23.1 Å². The number of nitrogens with one attached hydrogen (secondary N) is 1. The molecule has 1 fully saturated rings. The minimum absolute atomic E-state index is 0.151. The molecular formula is C17H16BrClN2O4S. The van der Waals surface area contributed by atoms with Crippen LogP contribution in [0.5, 0.6) is 0 Å². The van der Waals surface area contributed by atoms with E-state index in [9.17, 15) is 13.2 Å². The molecule has 0 aromatic heterocycles. The average Bonchev–Trinajstić information content (AvgIpc) is 2.65. The number of hydrogen-bond donors (Lipinski definition) is 1. The second-order valence-electron chi connectivity index (χ2n) is 5.62. The minimum Gasteiger partial charge on any atom is -0.379 e. The summed E-state index contributed by atoms with van der Waals surface area (Å²) in [6.07, 6.45) is 0. The molecule has 1 saturated heterocycles. The number of hydrogen-bond acceptors (Lipinski definition) is 4. The van der Waals surface area contributed by atoms with Crippen molar-refractivity contribution in [3.8, 4) is 0 Å². The van der Waals surface area contributed by atoms with Crippen LogP contribution in [0.4, 0.5) is 5.69 Å². The van der Waals surface area contributed by atoms with Crippen molar-refractivity contribution in [3.63, 3.8) is 0 Å². The van der Waals surface area contributed by atoms with Gasteiger partial charge in [-0.15, -0.1) is 0 Å². The predicted molar refractivity (Wildman–Crippen MR) is 103 cm³/mol. The van der Waals surface area contributed by atoms with E-state index in [1.54, 1.807) is 18.2 Å². The number of morpholine rings is 1. The molecule has 1 aliphatic rings. The Balaban J connectivity index is 1.75. The van der Waals surface area contributed by atoms with Crippen LogP contribution in [0.1, 0.15) is 10.4 Å². The zero-order chi connectivity index (χ0) is 18.7. The van der Waals surface area contributed by atoms with Crippen molar-refractivity contribution in [2.24, 2.45) is 0 Å². The maximum Gasteiger partial charge on any atom is 0.255 e. The summed E-state index contributed by atoms with van der Waals surface area (Å²) in [6, 6.07) is 11.0. The Labute approximate surface area is 165 Å². The fourth-order valence-corrected chi connectivity index (χ4v) is 4.63. The van der Waals surface area contributed by atoms with E-state index in [-0.39, 0.29) is 10.8 Å². The van der Waals surface area contributed by atoms with Crippen molar-refractivity contribution in [1.29, 1.82) is 0 Å². The largest absolute Gasteiger partial charge is 0.379 e. The molecule has 0 saturated carbocycles. The van der Waals surface area contributed by atoms with Crippen molar-refractivity contribution in [2.45, 2.75) is 4.90 Å². The van der Waals surface area contributed by atoms with Gasteiger partial charge in [-0.1, -0.05) is 27.5 Å². The van der Waals surface area contributed by atoms with E-state index in [1.165, 1.54) is 28.6 Å². The summed E-state index contributed by atoms with van der Waals surface area (Å²) in [5.41, 5.74) is 0.815. The number of amides is 1. The lowest BCUT2D eigenvalue weighted by Crippen LogP contribution is -2.40. The standard InChI is InChI=1S/C17H16BrClN2O4S/c18-13-3-6-16(15(19)11-13)20-17(22)12-1-4-14(5-2-12)26(23,24)21-7-9-25-10-8-21/h1-6,11H,7-10H2,(H,20,22). The molecule has 0 spiro atoms. The van der Waals surface area contributed by atoms with Gasteiger partial charge in [-0.25, -0.2) is 8.42 Å². The Kier molecular flexibility index (Phi) is 5.99. The first-order valence-corrected chi connectivity index (χ1v) is 10.4. The second kappa shape index (κ2) is 8.06. The third-order valence-corrected chi connectivity index (χ3v) is 6.62. The zero-order valence-corrected chi connectivity index (χ0v) is 16.8. The minimum atomic E-state index is -3.58. The summed E-state index contributed by atoms with van der Waals surface area (Å²) < 4.78 is 32.5. The van der Waals surface area contributed by atoms with Crippen LogP contribution in [0.25, 0.3) is 0 Å². The van der Waals surface area contributed by atoms with Crippen LogP contribution < -0.4 is 5.32 Å². The summed E-state index contributed by atoms with van der Waals surface area (Å²) in [7, 11) is -3.58. The Morgan fingerprint density at radius 1 is 1.12 bits per heavy atom. The molecule has 0 aliphatic carbocycles. The molecule has 1 heterocycles. The number of benzene rings is 2. The Bertz CT molecular complexity index is 913. The van der Waals surface area contributed by atoms with Crippen molar-refractivity contribution in [1.82, 2.24) is 4.31 Å². The second-order valence-corrected chi connectivity index (χ2v) is 8.88. The molecule has 1 aliphatic heterocycles. The Hall–Kier alpha value is -1.45. The smallest absolute Gasteiger partial charge is 0.255 e. The molecular weight excluding hydrogens is 444 g/mol. The lowest BCUT2D eigenvalue weighted by molar-refractivity contribution is 0.0730. The first kappa shape index (κ1) is 19.3. The number of carbonyl (C=O) groups is 1. The first-order chi connectivity index (χ1) is 12.4. The molecule has 0 atom stereocenters. The molecule has 1 amide bonds. The summed E-state index contributed by atoms with van der Waals surface area (Å²) in [5, 5.41) is 3.11. The van der Waals surface area contributed by atoms with Gasteiger partial charge < -0.3 is 10.1 Å². The highest BCUT2D eigenvalue weighted by atomic mass is 79.9. The molecule has 3 rings (SSSR count). The normalized spacial score (nSPS) is 15.6. The Morgan fingerprint density at radius 3 is 2.38 bits per heavy atom. The van der Waals surface area contributed by atoms with Crippen molar-refractivity contribution >= 4 is 49.1 Å². The van der Waals surface area contributed by atoms with Gasteiger partial charge in [0.15, 0.2) is 0 Å². The fourth-order valence-electron chi connectivity index (χ4n) is 2.50. The van der Waals surface area contributed by atoms with Crippen LogP contribution in [0.15, 0.2) is 51.8 Å². The van der Waals surface area contributed by atoms with Gasteiger partial charge in [0.1, 0.15) is 0 Å². The lowest BCUT2D eigenvalue weighted by atomic mass is 10.2. The summed E-state index contributed by atoms with van der Waals surface area (Å²) >= 11 is 9.39. The van der Waals surface area contributed by atoms with E-state index in [2.05, 4.69) is 21.2 Å². The number of carbonyl (C=O) groups excluding carboxylic acids is 1. The SMILES string of the molecule is O=C(Nc1ccc(Br)cc1Cl)c1ccc(S(=O)(=O)N2CCOCC2)cc1. The fraction of sp³-hybridized carbons (Fsp3) is 0.235. The molecule has 2 aromatic rings. The van der Waals surface area contributed by atoms with Crippen molar-refractivity contribution < 1.29 is 17.9 Å². The van der Waals surface area contributed by atoms with Crippen LogP contribution in [0, 0.1) is 0 Å². The highest BCUT2D eigenvalue weighted by molar-refractivity contribution is 9.10. The zero-order valence-electron chi connectivity index (χ0n) is 13.6. The number of nitrogens with zero attached hydrogens (tertiary/aromatic N) is 1. The van der Waals surface area contributed by atoms with Crippen molar-refractivity contribution in [3.05, 3.63) is 57.5 Å². The van der Waals surface area contributed by atoms with E-state index in [0.717, 1.165) is 4.47 Å². The molecule has 0 bridgehead atoms. The third kappa shape index (κ3) is 4.27. The molecule has 1 N–H and O–H groups in total. The summed E-state index contributed by atoms with van der Waals surface area (Å²) in [6.45, 7) is 1.42. The average molecular weight is 460 g/mol. The van der Waals surface area contributed by atoms with Gasteiger partial charge in [0.2, 0.25) is 10.0 Å². The van der Waals surface area contributed by atoms with Crippen LogP contribution in [-0.2, 0) is 14.8 Å². The molecule has 6 nitrogen and oxygen atoms in total. The topological polar surface area (TPSA) is 75.7 Å². The third-order valence-electron chi connectivity index (χ3n) is 3.90. The van der Waals surface area contributed by atoms with Gasteiger partial charge in [-0.05, 0) is 42.5 Å². The number of anilines is 1. The maximum absolute atomic E-state index is 12.6. The first-order valence-electron chi connectivity index (χ1n) is 7.82. The highest BCUT2D eigenvalue weighted by Crippen LogP contribution is 2.26. The molecule has 9 heteroatoms. The molecule has 0 unspecified atom stereocenters. The van der Waals surface area contributed by atoms with Gasteiger partial charge in [0.25, 0.3) is 5.91 Å². The van der Waals surface area contributed by atoms with E-state index < -0.39 is 10.0 Å². The van der Waals surface area contributed by atoms with E-state index >= 15 is 0 Å². The summed E-state index contributed by atoms with van der Waals surface area (Å²) in [5.74, 6) is -0.371. The molecule has 2 aromatic carbocycles. The quantitative estimate of drug-likeness (QED) is 0.760. The van der Waals surface area contributed by atoms with Gasteiger partial charge in [0.05, 0.1) is 28.8 Å². The van der Waals surface area contributed by atoms with Crippen LogP contribution in [0.2, 0.25) is 5.02 Å². The highest BCUT2D eigenvalue weighted by Gasteiger charge is 2.26. The van der Waals surface area contributed by atoms with Gasteiger partial charge >= 0.3 is 0 Å². The van der Waals surface area contributed by atoms with E-state index in [1.807, 2.05) is 0 Å². The van der Waals surface area contributed by atoms with Crippen LogP contribution in [-0.4, -0.2) is 44.9 Å². The number of rotatable bonds is 4. The van der Waals surface area contributed by atoms with E-state index in [4.69, 9.17) is 16.3 Å². The number of sulfonamides is 1. The monoisotopic (exact) mass is 458 g/mol. The van der Waals surface area contributed by atoms with Crippen LogP contribution in [0.3, 0.4) is 0 Å².